The van der Waals surface area contributed by atoms with Gasteiger partial charge < -0.3 is 15.1 Å². The average molecular weight is 303 g/mol. The summed E-state index contributed by atoms with van der Waals surface area (Å²) < 4.78 is 38.9. The molecular formula is C14H20F3N3O. The number of likely N-dealkylation sites (N-methyl/N-ethyl adjacent to an activating group) is 2. The molecule has 1 rings (SSSR count). The molecule has 0 spiro atoms. The van der Waals surface area contributed by atoms with Crippen molar-refractivity contribution in [1.29, 1.82) is 0 Å². The molecule has 0 aromatic heterocycles. The molecule has 0 aliphatic carbocycles. The first kappa shape index (κ1) is 17.3. The number of rotatable bonds is 5. The van der Waals surface area contributed by atoms with Crippen LogP contribution in [0.4, 0.5) is 18.9 Å². The van der Waals surface area contributed by atoms with E-state index in [9.17, 15) is 18.0 Å². The summed E-state index contributed by atoms with van der Waals surface area (Å²) in [6, 6.07) is 3.61. The summed E-state index contributed by atoms with van der Waals surface area (Å²) in [4.78, 5) is 15.6. The smallest absolute Gasteiger partial charge is 0.387 e. The Morgan fingerprint density at radius 1 is 1.19 bits per heavy atom. The van der Waals surface area contributed by atoms with Gasteiger partial charge in [-0.1, -0.05) is 6.07 Å². The molecule has 0 fully saturated rings. The lowest BCUT2D eigenvalue weighted by Crippen LogP contribution is -2.34. The molecule has 21 heavy (non-hydrogen) atoms. The highest BCUT2D eigenvalue weighted by Crippen LogP contribution is 2.36. The van der Waals surface area contributed by atoms with E-state index in [0.717, 1.165) is 6.07 Å². The molecule has 1 amide bonds. The van der Waals surface area contributed by atoms with Gasteiger partial charge in [0.2, 0.25) is 0 Å². The Hall–Kier alpha value is -1.76. The maximum absolute atomic E-state index is 13.0. The highest BCUT2D eigenvalue weighted by molar-refractivity contribution is 6.00. The molecule has 118 valence electrons. The Bertz CT molecular complexity index is 501. The molecule has 7 heteroatoms. The standard InChI is InChI=1S/C14H20F3N3O/c1-18-12-10(6-5-7-11(12)14(15,16)17)13(21)20(4)9-8-19(2)3/h5-7,18H,8-9H2,1-4H3. The molecule has 0 saturated heterocycles. The normalized spacial score (nSPS) is 11.6. The number of benzene rings is 1. The van der Waals surface area contributed by atoms with Gasteiger partial charge in [0, 0.05) is 27.2 Å². The highest BCUT2D eigenvalue weighted by atomic mass is 19.4. The van der Waals surface area contributed by atoms with Crippen molar-refractivity contribution in [3.05, 3.63) is 29.3 Å². The van der Waals surface area contributed by atoms with Gasteiger partial charge in [-0.05, 0) is 26.2 Å². The topological polar surface area (TPSA) is 35.6 Å². The van der Waals surface area contributed by atoms with Crippen LogP contribution in [0.2, 0.25) is 0 Å². The molecular weight excluding hydrogens is 283 g/mol. The zero-order valence-corrected chi connectivity index (χ0v) is 12.6. The van der Waals surface area contributed by atoms with Crippen molar-refractivity contribution in [1.82, 2.24) is 9.80 Å². The van der Waals surface area contributed by atoms with Gasteiger partial charge >= 0.3 is 6.18 Å². The maximum Gasteiger partial charge on any atom is 0.418 e. The van der Waals surface area contributed by atoms with Crippen molar-refractivity contribution in [2.45, 2.75) is 6.18 Å². The second-order valence-electron chi connectivity index (χ2n) is 5.01. The van der Waals surface area contributed by atoms with E-state index in [2.05, 4.69) is 5.32 Å². The van der Waals surface area contributed by atoms with Crippen molar-refractivity contribution in [3.8, 4) is 0 Å². The predicted molar refractivity (Wildman–Crippen MR) is 76.5 cm³/mol. The van der Waals surface area contributed by atoms with E-state index in [-0.39, 0.29) is 11.3 Å². The molecule has 0 unspecified atom stereocenters. The van der Waals surface area contributed by atoms with Gasteiger partial charge in [0.25, 0.3) is 5.91 Å². The Balaban J connectivity index is 3.10. The largest absolute Gasteiger partial charge is 0.418 e. The number of anilines is 1. The first-order chi connectivity index (χ1) is 9.68. The van der Waals surface area contributed by atoms with E-state index in [1.165, 1.54) is 24.1 Å². The third kappa shape index (κ3) is 4.35. The van der Waals surface area contributed by atoms with Crippen LogP contribution >= 0.6 is 0 Å². The molecule has 0 aliphatic heterocycles. The second kappa shape index (κ2) is 6.80. The van der Waals surface area contributed by atoms with Crippen LogP contribution in [-0.2, 0) is 6.18 Å². The van der Waals surface area contributed by atoms with Gasteiger partial charge in [-0.3, -0.25) is 4.79 Å². The SMILES string of the molecule is CNc1c(C(=O)N(C)CCN(C)C)cccc1C(F)(F)F. The first-order valence-corrected chi connectivity index (χ1v) is 6.46. The third-order valence-electron chi connectivity index (χ3n) is 3.08. The molecule has 0 heterocycles. The van der Waals surface area contributed by atoms with Crippen molar-refractivity contribution in [3.63, 3.8) is 0 Å². The lowest BCUT2D eigenvalue weighted by Gasteiger charge is -2.22. The number of hydrogen-bond donors (Lipinski definition) is 1. The van der Waals surface area contributed by atoms with E-state index >= 15 is 0 Å². The minimum atomic E-state index is -4.50. The summed E-state index contributed by atoms with van der Waals surface area (Å²) in [5, 5.41) is 2.49. The van der Waals surface area contributed by atoms with Crippen LogP contribution in [0.5, 0.6) is 0 Å². The number of hydrogen-bond acceptors (Lipinski definition) is 3. The average Bonchev–Trinajstić information content (AvgIpc) is 2.41. The van der Waals surface area contributed by atoms with E-state index in [0.29, 0.717) is 13.1 Å². The Kier molecular flexibility index (Phi) is 5.60. The molecule has 1 aromatic carbocycles. The summed E-state index contributed by atoms with van der Waals surface area (Å²) in [6.45, 7) is 1.07. The van der Waals surface area contributed by atoms with Crippen LogP contribution in [0.15, 0.2) is 18.2 Å². The lowest BCUT2D eigenvalue weighted by atomic mass is 10.1. The van der Waals surface area contributed by atoms with E-state index in [1.54, 1.807) is 7.05 Å². The second-order valence-corrected chi connectivity index (χ2v) is 5.01. The van der Waals surface area contributed by atoms with Crippen LogP contribution in [0.3, 0.4) is 0 Å². The van der Waals surface area contributed by atoms with Crippen LogP contribution in [0.25, 0.3) is 0 Å². The zero-order valence-electron chi connectivity index (χ0n) is 12.6. The quantitative estimate of drug-likeness (QED) is 0.907. The Labute approximate surface area is 122 Å². The number of carbonyl (C=O) groups is 1. The highest BCUT2D eigenvalue weighted by Gasteiger charge is 2.35. The van der Waals surface area contributed by atoms with Crippen molar-refractivity contribution in [2.24, 2.45) is 0 Å². The summed E-state index contributed by atoms with van der Waals surface area (Å²) in [6.07, 6.45) is -4.50. The Morgan fingerprint density at radius 3 is 2.29 bits per heavy atom. The van der Waals surface area contributed by atoms with Gasteiger partial charge in [0.15, 0.2) is 0 Å². The number of para-hydroxylation sites is 1. The number of alkyl halides is 3. The van der Waals surface area contributed by atoms with Gasteiger partial charge in [-0.25, -0.2) is 0 Å². The summed E-state index contributed by atoms with van der Waals surface area (Å²) in [7, 11) is 6.68. The fourth-order valence-electron chi connectivity index (χ4n) is 1.89. The van der Waals surface area contributed by atoms with E-state index in [4.69, 9.17) is 0 Å². The van der Waals surface area contributed by atoms with Crippen LogP contribution in [0.1, 0.15) is 15.9 Å². The maximum atomic E-state index is 13.0. The van der Waals surface area contributed by atoms with E-state index < -0.39 is 17.6 Å². The summed E-state index contributed by atoms with van der Waals surface area (Å²) in [5.74, 6) is -0.438. The van der Waals surface area contributed by atoms with Crippen LogP contribution in [0, 0.1) is 0 Å². The fraction of sp³-hybridized carbons (Fsp3) is 0.500. The molecule has 0 aliphatic rings. The van der Waals surface area contributed by atoms with Crippen molar-refractivity contribution in [2.75, 3.05) is 46.6 Å². The van der Waals surface area contributed by atoms with Crippen molar-refractivity contribution >= 4 is 11.6 Å². The predicted octanol–water partition coefficient (Wildman–Crippen LogP) is 2.38. The van der Waals surface area contributed by atoms with Crippen LogP contribution < -0.4 is 5.32 Å². The molecule has 1 N–H and O–H groups in total. The van der Waals surface area contributed by atoms with E-state index in [1.807, 2.05) is 19.0 Å². The molecule has 0 saturated carbocycles. The van der Waals surface area contributed by atoms with Crippen LogP contribution in [-0.4, -0.2) is 57.0 Å². The monoisotopic (exact) mass is 303 g/mol. The summed E-state index contributed by atoms with van der Waals surface area (Å²) >= 11 is 0. The van der Waals surface area contributed by atoms with Gasteiger partial charge in [-0.2, -0.15) is 13.2 Å². The molecule has 4 nitrogen and oxygen atoms in total. The minimum absolute atomic E-state index is 0.0218. The zero-order chi connectivity index (χ0) is 16.2. The lowest BCUT2D eigenvalue weighted by molar-refractivity contribution is -0.136. The van der Waals surface area contributed by atoms with Gasteiger partial charge in [0.05, 0.1) is 16.8 Å². The first-order valence-electron chi connectivity index (χ1n) is 6.46. The van der Waals surface area contributed by atoms with Gasteiger partial charge in [0.1, 0.15) is 0 Å². The van der Waals surface area contributed by atoms with Crippen molar-refractivity contribution < 1.29 is 18.0 Å². The minimum Gasteiger partial charge on any atom is -0.387 e. The summed E-state index contributed by atoms with van der Waals surface area (Å²) in [5.41, 5.74) is -1.00. The number of halogens is 3. The fourth-order valence-corrected chi connectivity index (χ4v) is 1.89. The van der Waals surface area contributed by atoms with Gasteiger partial charge in [-0.15, -0.1) is 0 Å². The number of amides is 1. The molecule has 0 atom stereocenters. The molecule has 1 aromatic rings. The number of nitrogens with zero attached hydrogens (tertiary/aromatic N) is 2. The Morgan fingerprint density at radius 2 is 1.81 bits per heavy atom. The molecule has 0 bridgehead atoms. The number of nitrogens with one attached hydrogen (secondary N) is 1. The number of carbonyl (C=O) groups excluding carboxylic acids is 1. The third-order valence-corrected chi connectivity index (χ3v) is 3.08. The molecule has 0 radical (unpaired) electrons.